The Balaban J connectivity index is 2.36. The molecule has 5 heteroatoms. The summed E-state index contributed by atoms with van der Waals surface area (Å²) in [6.45, 7) is 4.29. The lowest BCUT2D eigenvalue weighted by Crippen LogP contribution is -2.33. The molecule has 1 aromatic carbocycles. The summed E-state index contributed by atoms with van der Waals surface area (Å²) >= 11 is 11.1. The Morgan fingerprint density at radius 2 is 1.81 bits per heavy atom. The first-order valence-corrected chi connectivity index (χ1v) is 9.97. The summed E-state index contributed by atoms with van der Waals surface area (Å²) in [6.07, 6.45) is 2.96. The van der Waals surface area contributed by atoms with E-state index in [2.05, 4.69) is 92.1 Å². The fraction of sp³-hybridized carbons (Fsp3) is 0.438. The van der Waals surface area contributed by atoms with Gasteiger partial charge in [0, 0.05) is 39.2 Å². The first kappa shape index (κ1) is 17.2. The molecule has 0 aliphatic carbocycles. The van der Waals surface area contributed by atoms with Gasteiger partial charge in [0.05, 0.1) is 5.69 Å². The summed E-state index contributed by atoms with van der Waals surface area (Å²) in [5, 5.41) is 6.46. The highest BCUT2D eigenvalue weighted by molar-refractivity contribution is 9.10. The number of aromatic nitrogens is 2. The molecule has 0 N–H and O–H groups in total. The molecule has 0 radical (unpaired) electrons. The van der Waals surface area contributed by atoms with E-state index in [1.807, 2.05) is 10.7 Å². The van der Waals surface area contributed by atoms with E-state index in [9.17, 15) is 0 Å². The summed E-state index contributed by atoms with van der Waals surface area (Å²) in [7, 11) is 0. The summed E-state index contributed by atoms with van der Waals surface area (Å²) in [4.78, 5) is 0. The van der Waals surface area contributed by atoms with Gasteiger partial charge in [-0.3, -0.25) is 4.68 Å². The maximum atomic E-state index is 4.71. The van der Waals surface area contributed by atoms with Gasteiger partial charge in [-0.15, -0.1) is 0 Å². The predicted octanol–water partition coefficient (Wildman–Crippen LogP) is 5.50. The maximum absolute atomic E-state index is 4.71. The zero-order valence-electron chi connectivity index (χ0n) is 12.2. The van der Waals surface area contributed by atoms with Gasteiger partial charge in [-0.25, -0.2) is 0 Å². The van der Waals surface area contributed by atoms with Crippen molar-refractivity contribution >= 4 is 47.8 Å². The van der Waals surface area contributed by atoms with Crippen molar-refractivity contribution in [2.45, 2.75) is 31.7 Å². The summed E-state index contributed by atoms with van der Waals surface area (Å²) in [5.41, 5.74) is 2.41. The van der Waals surface area contributed by atoms with Crippen LogP contribution in [0, 0.1) is 0 Å². The van der Waals surface area contributed by atoms with E-state index in [-0.39, 0.29) is 5.41 Å². The van der Waals surface area contributed by atoms with Crippen LogP contribution in [0.3, 0.4) is 0 Å². The van der Waals surface area contributed by atoms with E-state index in [4.69, 9.17) is 5.10 Å². The molecule has 2 aromatic rings. The van der Waals surface area contributed by atoms with E-state index in [1.54, 1.807) is 0 Å². The van der Waals surface area contributed by atoms with Crippen LogP contribution in [-0.4, -0.2) is 20.4 Å². The Hall–Kier alpha value is -0.130. The maximum Gasteiger partial charge on any atom is 0.0634 e. The molecule has 0 aliphatic heterocycles. The Bertz CT molecular complexity index is 589. The fourth-order valence-corrected chi connectivity index (χ4v) is 5.00. The third-order valence-corrected chi connectivity index (χ3v) is 6.51. The number of hydrogen-bond acceptors (Lipinski definition) is 1. The largest absolute Gasteiger partial charge is 0.270 e. The molecule has 0 fully saturated rings. The Kier molecular flexibility index (Phi) is 6.09. The van der Waals surface area contributed by atoms with Crippen LogP contribution in [0.2, 0.25) is 0 Å². The molecule has 0 atom stereocenters. The zero-order valence-corrected chi connectivity index (χ0v) is 16.9. The van der Waals surface area contributed by atoms with Gasteiger partial charge in [0.25, 0.3) is 0 Å². The van der Waals surface area contributed by atoms with Crippen LogP contribution in [0.4, 0.5) is 0 Å². The number of hydrogen-bond donors (Lipinski definition) is 0. The topological polar surface area (TPSA) is 17.8 Å². The lowest BCUT2D eigenvalue weighted by atomic mass is 9.80. The summed E-state index contributed by atoms with van der Waals surface area (Å²) in [5.74, 6) is 0. The van der Waals surface area contributed by atoms with E-state index in [1.165, 1.54) is 5.56 Å². The third kappa shape index (κ3) is 3.80. The van der Waals surface area contributed by atoms with Crippen LogP contribution in [0.1, 0.15) is 31.1 Å². The second-order valence-corrected chi connectivity index (χ2v) is 7.56. The number of benzene rings is 1. The van der Waals surface area contributed by atoms with Crippen molar-refractivity contribution in [2.75, 3.05) is 10.7 Å². The van der Waals surface area contributed by atoms with E-state index in [0.29, 0.717) is 6.04 Å². The van der Waals surface area contributed by atoms with Gasteiger partial charge < -0.3 is 0 Å². The Morgan fingerprint density at radius 1 is 1.14 bits per heavy atom. The van der Waals surface area contributed by atoms with Crippen molar-refractivity contribution < 1.29 is 0 Å². The van der Waals surface area contributed by atoms with Gasteiger partial charge in [0.1, 0.15) is 0 Å². The van der Waals surface area contributed by atoms with Gasteiger partial charge in [-0.2, -0.15) is 5.10 Å². The minimum absolute atomic E-state index is 0.0176. The molecule has 0 saturated carbocycles. The quantitative estimate of drug-likeness (QED) is 0.501. The van der Waals surface area contributed by atoms with E-state index >= 15 is 0 Å². The molecule has 2 rings (SSSR count). The van der Waals surface area contributed by atoms with Crippen molar-refractivity contribution in [1.82, 2.24) is 9.78 Å². The van der Waals surface area contributed by atoms with Gasteiger partial charge in [0.15, 0.2) is 0 Å². The number of alkyl halides is 2. The van der Waals surface area contributed by atoms with E-state index < -0.39 is 0 Å². The molecule has 114 valence electrons. The molecule has 21 heavy (non-hydrogen) atoms. The normalized spacial score (nSPS) is 12.1. The van der Waals surface area contributed by atoms with Crippen molar-refractivity contribution in [1.29, 1.82) is 0 Å². The van der Waals surface area contributed by atoms with Crippen LogP contribution in [0.25, 0.3) is 0 Å². The van der Waals surface area contributed by atoms with Gasteiger partial charge >= 0.3 is 0 Å². The highest BCUT2D eigenvalue weighted by Gasteiger charge is 2.33. The molecule has 1 heterocycles. The third-order valence-electron chi connectivity index (χ3n) is 3.67. The molecule has 1 aromatic heterocycles. The standard InChI is InChI=1S/C16H19Br3N2/c1-12(2)21-8-7-13(20-21)9-16(10-17,11-18)14-5-3-4-6-15(14)19/h3-8,12H,9-11H2,1-2H3. The lowest BCUT2D eigenvalue weighted by molar-refractivity contribution is 0.501. The van der Waals surface area contributed by atoms with Crippen molar-refractivity contribution in [3.8, 4) is 0 Å². The Labute approximate surface area is 151 Å². The van der Waals surface area contributed by atoms with Crippen LogP contribution < -0.4 is 0 Å². The van der Waals surface area contributed by atoms with Crippen molar-refractivity contribution in [2.24, 2.45) is 0 Å². The SMILES string of the molecule is CC(C)n1ccc(CC(CBr)(CBr)c2ccccc2Br)n1. The van der Waals surface area contributed by atoms with Crippen LogP contribution >= 0.6 is 47.8 Å². The molecule has 0 unspecified atom stereocenters. The van der Waals surface area contributed by atoms with Crippen LogP contribution in [0.5, 0.6) is 0 Å². The lowest BCUT2D eigenvalue weighted by Gasteiger charge is -2.31. The second-order valence-electron chi connectivity index (χ2n) is 5.59. The average Bonchev–Trinajstić information content (AvgIpc) is 2.94. The smallest absolute Gasteiger partial charge is 0.0634 e. The van der Waals surface area contributed by atoms with Crippen molar-refractivity contribution in [3.63, 3.8) is 0 Å². The molecule has 0 saturated heterocycles. The zero-order chi connectivity index (χ0) is 15.5. The first-order valence-electron chi connectivity index (χ1n) is 6.93. The molecule has 0 amide bonds. The van der Waals surface area contributed by atoms with Gasteiger partial charge in [0.2, 0.25) is 0 Å². The van der Waals surface area contributed by atoms with Crippen LogP contribution in [0.15, 0.2) is 41.0 Å². The molecule has 0 bridgehead atoms. The molecule has 0 spiro atoms. The van der Waals surface area contributed by atoms with Gasteiger partial charge in [-0.05, 0) is 31.5 Å². The highest BCUT2D eigenvalue weighted by Crippen LogP contribution is 2.36. The average molecular weight is 479 g/mol. The number of rotatable bonds is 6. The van der Waals surface area contributed by atoms with Crippen LogP contribution in [-0.2, 0) is 11.8 Å². The number of halogens is 3. The highest BCUT2D eigenvalue weighted by atomic mass is 79.9. The predicted molar refractivity (Wildman–Crippen MR) is 99.7 cm³/mol. The molecular weight excluding hydrogens is 460 g/mol. The molecule has 0 aliphatic rings. The van der Waals surface area contributed by atoms with E-state index in [0.717, 1.165) is 27.2 Å². The fourth-order valence-electron chi connectivity index (χ4n) is 2.37. The monoisotopic (exact) mass is 476 g/mol. The molecule has 2 nitrogen and oxygen atoms in total. The minimum Gasteiger partial charge on any atom is -0.270 e. The number of nitrogens with zero attached hydrogens (tertiary/aromatic N) is 2. The van der Waals surface area contributed by atoms with Crippen molar-refractivity contribution in [3.05, 3.63) is 52.3 Å². The second kappa shape index (κ2) is 7.42. The summed E-state index contributed by atoms with van der Waals surface area (Å²) in [6, 6.07) is 10.9. The Morgan fingerprint density at radius 3 is 2.33 bits per heavy atom. The minimum atomic E-state index is -0.0176. The first-order chi connectivity index (χ1) is 10.0. The molecular formula is C16H19Br3N2. The van der Waals surface area contributed by atoms with Gasteiger partial charge in [-0.1, -0.05) is 66.0 Å². The summed E-state index contributed by atoms with van der Waals surface area (Å²) < 4.78 is 3.16.